The first-order valence-electron chi connectivity index (χ1n) is 8.04. The standard InChI is InChI=1S/C14H14BN5O6P/c15-27(22)24-4-7-10(26-27)9(21)14(25-7)20-12(6-2-1-3-23-6)19-8-11(16)17-5-18-13(8)20/h1-3,5,7,9-10,14,21-22H,4H2,(H2,16,17,18)/q+1/t7-,9-,10-,14-,27?/m1/s1. The summed E-state index contributed by atoms with van der Waals surface area (Å²) in [6.45, 7) is -0.0150. The van der Waals surface area contributed by atoms with Crippen molar-refractivity contribution in [3.8, 4) is 11.6 Å². The number of aliphatic hydroxyl groups excluding tert-OH is 1. The van der Waals surface area contributed by atoms with Gasteiger partial charge in [0.05, 0.1) is 6.26 Å². The molecule has 2 saturated heterocycles. The van der Waals surface area contributed by atoms with Crippen LogP contribution >= 0.6 is 7.82 Å². The van der Waals surface area contributed by atoms with Gasteiger partial charge in [0, 0.05) is 0 Å². The van der Waals surface area contributed by atoms with Gasteiger partial charge in [-0.05, 0) is 12.1 Å². The predicted molar refractivity (Wildman–Crippen MR) is 93.1 cm³/mol. The van der Waals surface area contributed by atoms with Crippen LogP contribution in [-0.4, -0.2) is 62.0 Å². The Kier molecular flexibility index (Phi) is 3.77. The highest BCUT2D eigenvalue weighted by Gasteiger charge is 2.57. The number of aromatic nitrogens is 4. The molecule has 1 unspecified atom stereocenters. The Hall–Kier alpha value is -2.08. The van der Waals surface area contributed by atoms with E-state index >= 15 is 0 Å². The Labute approximate surface area is 154 Å². The molecule has 0 bridgehead atoms. The monoisotopic (exact) mass is 390 g/mol. The van der Waals surface area contributed by atoms with E-state index in [0.29, 0.717) is 22.7 Å². The summed E-state index contributed by atoms with van der Waals surface area (Å²) in [4.78, 5) is 22.5. The Morgan fingerprint density at radius 1 is 1.37 bits per heavy atom. The zero-order valence-electron chi connectivity index (χ0n) is 13.7. The summed E-state index contributed by atoms with van der Waals surface area (Å²) in [7, 11) is 2.07. The van der Waals surface area contributed by atoms with E-state index in [2.05, 4.69) is 15.0 Å². The van der Waals surface area contributed by atoms with Crippen LogP contribution in [-0.2, 0) is 13.8 Å². The van der Waals surface area contributed by atoms with Crippen molar-refractivity contribution in [2.45, 2.75) is 24.5 Å². The molecule has 3 aromatic rings. The van der Waals surface area contributed by atoms with E-state index in [1.165, 1.54) is 12.6 Å². The quantitative estimate of drug-likeness (QED) is 0.408. The summed E-state index contributed by atoms with van der Waals surface area (Å²) in [6, 6.07) is 3.41. The number of imidazole rings is 1. The first-order valence-corrected chi connectivity index (χ1v) is 9.68. The molecule has 27 heavy (non-hydrogen) atoms. The second kappa shape index (κ2) is 5.96. The number of nitrogen functional groups attached to an aromatic ring is 1. The van der Waals surface area contributed by atoms with Crippen molar-refractivity contribution in [1.82, 2.24) is 19.5 Å². The molecule has 11 nitrogen and oxygen atoms in total. The van der Waals surface area contributed by atoms with Gasteiger partial charge in [0.25, 0.3) is 0 Å². The summed E-state index contributed by atoms with van der Waals surface area (Å²) >= 11 is 0. The molecule has 2 fully saturated rings. The molecule has 5 atom stereocenters. The van der Waals surface area contributed by atoms with E-state index < -0.39 is 32.4 Å². The normalized spacial score (nSPS) is 33.4. The maximum absolute atomic E-state index is 10.8. The lowest BCUT2D eigenvalue weighted by Crippen LogP contribution is -2.40. The van der Waals surface area contributed by atoms with Gasteiger partial charge in [-0.1, -0.05) is 0 Å². The average Bonchev–Trinajstić information content (AvgIpc) is 3.33. The minimum absolute atomic E-state index is 0.0150. The van der Waals surface area contributed by atoms with Crippen molar-refractivity contribution in [2.24, 2.45) is 0 Å². The van der Waals surface area contributed by atoms with Crippen molar-refractivity contribution in [3.05, 3.63) is 24.7 Å². The van der Waals surface area contributed by atoms with Crippen molar-refractivity contribution < 1.29 is 28.2 Å². The second-order valence-corrected chi connectivity index (χ2v) is 7.80. The summed E-state index contributed by atoms with van der Waals surface area (Å²) in [5, 5.41) is 10.8. The second-order valence-electron chi connectivity index (χ2n) is 6.20. The number of hydrogen-bond donors (Lipinski definition) is 3. The van der Waals surface area contributed by atoms with Crippen LogP contribution in [0, 0.1) is 0 Å². The SMILES string of the molecule is [B][P+]1(O)OC[C@H]2O[C@@H](n3c(-c4ccco4)nc4c(N)ncnc43)[C@H](O)[C@@H]2O1. The fraction of sp³-hybridized carbons (Fsp3) is 0.357. The molecule has 5 rings (SSSR count). The fourth-order valence-corrected chi connectivity index (χ4v) is 4.36. The van der Waals surface area contributed by atoms with Crippen LogP contribution in [0.5, 0.6) is 0 Å². The highest BCUT2D eigenvalue weighted by atomic mass is 31.2. The molecule has 0 aliphatic carbocycles. The Balaban J connectivity index is 1.65. The Bertz CT molecular complexity index is 997. The predicted octanol–water partition coefficient (Wildman–Crippen LogP) is 0.181. The zero-order valence-corrected chi connectivity index (χ0v) is 14.6. The van der Waals surface area contributed by atoms with Crippen molar-refractivity contribution >= 4 is 32.4 Å². The summed E-state index contributed by atoms with van der Waals surface area (Å²) in [5.41, 5.74) is 6.63. The molecule has 2 aliphatic rings. The maximum Gasteiger partial charge on any atom is 0.488 e. The van der Waals surface area contributed by atoms with Gasteiger partial charge in [-0.2, -0.15) is 9.05 Å². The Morgan fingerprint density at radius 2 is 2.22 bits per heavy atom. The Morgan fingerprint density at radius 3 is 3.00 bits per heavy atom. The highest BCUT2D eigenvalue weighted by Crippen LogP contribution is 2.58. The molecule has 3 aromatic heterocycles. The molecule has 4 N–H and O–H groups in total. The topological polar surface area (TPSA) is 151 Å². The van der Waals surface area contributed by atoms with E-state index in [4.69, 9.17) is 31.5 Å². The third-order valence-corrected chi connectivity index (χ3v) is 5.57. The molecule has 0 saturated carbocycles. The van der Waals surface area contributed by atoms with Gasteiger partial charge in [0.2, 0.25) is 0 Å². The van der Waals surface area contributed by atoms with Gasteiger partial charge in [-0.15, -0.1) is 0 Å². The zero-order chi connectivity index (χ0) is 18.8. The first kappa shape index (κ1) is 17.1. The number of ether oxygens (including phenoxy) is 1. The van der Waals surface area contributed by atoms with E-state index in [1.807, 2.05) is 0 Å². The van der Waals surface area contributed by atoms with Crippen LogP contribution < -0.4 is 5.73 Å². The molecule has 5 heterocycles. The summed E-state index contributed by atoms with van der Waals surface area (Å²) in [6.07, 6.45) is -0.823. The van der Waals surface area contributed by atoms with Gasteiger partial charge in [0.15, 0.2) is 40.9 Å². The van der Waals surface area contributed by atoms with Crippen LogP contribution in [0.2, 0.25) is 0 Å². The molecular formula is C14H14BN5O6P+. The van der Waals surface area contributed by atoms with Crippen molar-refractivity contribution in [3.63, 3.8) is 0 Å². The molecule has 2 radical (unpaired) electrons. The maximum atomic E-state index is 10.8. The number of aliphatic hydroxyl groups is 1. The molecule has 13 heteroatoms. The van der Waals surface area contributed by atoms with E-state index in [0.717, 1.165) is 0 Å². The molecule has 0 spiro atoms. The molecule has 2 aliphatic heterocycles. The van der Waals surface area contributed by atoms with Crippen LogP contribution in [0.25, 0.3) is 22.7 Å². The smallest absolute Gasteiger partial charge is 0.461 e. The van der Waals surface area contributed by atoms with Crippen molar-refractivity contribution in [1.29, 1.82) is 0 Å². The lowest BCUT2D eigenvalue weighted by molar-refractivity contribution is -0.0599. The summed E-state index contributed by atoms with van der Waals surface area (Å²) in [5.74, 6) is 0.958. The number of nitrogens with zero attached hydrogens (tertiary/aromatic N) is 4. The van der Waals surface area contributed by atoms with Crippen LogP contribution in [0.1, 0.15) is 6.23 Å². The lowest BCUT2D eigenvalue weighted by Gasteiger charge is -2.27. The largest absolute Gasteiger partial charge is 0.488 e. The van der Waals surface area contributed by atoms with Crippen LogP contribution in [0.15, 0.2) is 29.1 Å². The fourth-order valence-electron chi connectivity index (χ4n) is 3.33. The number of hydrogen-bond acceptors (Lipinski definition) is 10. The summed E-state index contributed by atoms with van der Waals surface area (Å²) < 4.78 is 23.4. The van der Waals surface area contributed by atoms with E-state index in [1.54, 1.807) is 16.7 Å². The number of furan rings is 1. The van der Waals surface area contributed by atoms with Gasteiger partial charge >= 0.3 is 15.4 Å². The molecule has 0 aromatic carbocycles. The minimum Gasteiger partial charge on any atom is -0.461 e. The number of fused-ring (bicyclic) bond motifs is 2. The number of nitrogens with two attached hydrogens (primary N) is 1. The van der Waals surface area contributed by atoms with E-state index in [-0.39, 0.29) is 12.4 Å². The molecular weight excluding hydrogens is 376 g/mol. The van der Waals surface area contributed by atoms with Gasteiger partial charge < -0.3 is 20.0 Å². The number of anilines is 1. The van der Waals surface area contributed by atoms with Gasteiger partial charge in [-0.3, -0.25) is 4.57 Å². The van der Waals surface area contributed by atoms with Gasteiger partial charge in [0.1, 0.15) is 25.1 Å². The first-order chi connectivity index (χ1) is 12.9. The van der Waals surface area contributed by atoms with Crippen LogP contribution in [0.3, 0.4) is 0 Å². The lowest BCUT2D eigenvalue weighted by atomic mass is 10.1. The molecule has 0 amide bonds. The van der Waals surface area contributed by atoms with Gasteiger partial charge in [-0.25, -0.2) is 19.8 Å². The average molecular weight is 390 g/mol. The third-order valence-electron chi connectivity index (χ3n) is 4.51. The third kappa shape index (κ3) is 2.65. The molecule has 138 valence electrons. The number of rotatable bonds is 2. The minimum atomic E-state index is -3.49. The highest BCUT2D eigenvalue weighted by molar-refractivity contribution is 7.85. The van der Waals surface area contributed by atoms with Crippen LogP contribution in [0.4, 0.5) is 5.82 Å². The van der Waals surface area contributed by atoms with E-state index in [9.17, 15) is 10.00 Å². The van der Waals surface area contributed by atoms with Crippen molar-refractivity contribution in [2.75, 3.05) is 12.3 Å².